The molecule has 4 nitrogen and oxygen atoms in total. The maximum absolute atomic E-state index is 9.52. The van der Waals surface area contributed by atoms with E-state index < -0.39 is 0 Å². The normalized spacial score (nSPS) is 11.9. The minimum atomic E-state index is -0.0175. The Bertz CT molecular complexity index is 516. The Morgan fingerprint density at radius 3 is 2.60 bits per heavy atom. The molecule has 20 heavy (non-hydrogen) atoms. The molecule has 0 fully saturated rings. The number of aliphatic hydroxyl groups is 1. The highest BCUT2D eigenvalue weighted by atomic mass is 16.3. The lowest BCUT2D eigenvalue weighted by atomic mass is 10.1. The Morgan fingerprint density at radius 1 is 1.15 bits per heavy atom. The molecule has 0 spiro atoms. The van der Waals surface area contributed by atoms with Gasteiger partial charge in [-0.1, -0.05) is 30.3 Å². The largest absolute Gasteiger partial charge is 0.394 e. The van der Waals surface area contributed by atoms with Crippen molar-refractivity contribution in [2.45, 2.75) is 19.4 Å². The summed E-state index contributed by atoms with van der Waals surface area (Å²) in [5.74, 6) is 0. The molecule has 0 bridgehead atoms. The maximum atomic E-state index is 9.52. The van der Waals surface area contributed by atoms with Crippen molar-refractivity contribution < 1.29 is 5.11 Å². The van der Waals surface area contributed by atoms with Crippen molar-refractivity contribution >= 4 is 11.4 Å². The van der Waals surface area contributed by atoms with Gasteiger partial charge in [-0.25, -0.2) is 0 Å². The van der Waals surface area contributed by atoms with Crippen molar-refractivity contribution in [3.63, 3.8) is 0 Å². The van der Waals surface area contributed by atoms with Crippen LogP contribution in [-0.2, 0) is 6.42 Å². The first-order chi connectivity index (χ1) is 9.81. The predicted molar refractivity (Wildman–Crippen MR) is 83.0 cm³/mol. The number of pyridine rings is 1. The first kappa shape index (κ1) is 14.3. The third-order valence-electron chi connectivity index (χ3n) is 3.04. The van der Waals surface area contributed by atoms with E-state index in [-0.39, 0.29) is 12.6 Å². The van der Waals surface area contributed by atoms with E-state index in [4.69, 9.17) is 0 Å². The summed E-state index contributed by atoms with van der Waals surface area (Å²) >= 11 is 0. The summed E-state index contributed by atoms with van der Waals surface area (Å²) in [7, 11) is 0. The van der Waals surface area contributed by atoms with E-state index >= 15 is 0 Å². The van der Waals surface area contributed by atoms with Crippen LogP contribution in [0.15, 0.2) is 48.8 Å². The second-order valence-corrected chi connectivity index (χ2v) is 4.71. The van der Waals surface area contributed by atoms with Crippen molar-refractivity contribution in [3.8, 4) is 0 Å². The monoisotopic (exact) mass is 271 g/mol. The van der Waals surface area contributed by atoms with Gasteiger partial charge in [-0.3, -0.25) is 4.98 Å². The van der Waals surface area contributed by atoms with E-state index in [0.717, 1.165) is 24.3 Å². The number of hydrogen-bond donors (Lipinski definition) is 3. The summed E-state index contributed by atoms with van der Waals surface area (Å²) in [6.45, 7) is 2.99. The lowest BCUT2D eigenvalue weighted by Crippen LogP contribution is -2.26. The zero-order valence-corrected chi connectivity index (χ0v) is 11.7. The molecule has 2 rings (SSSR count). The van der Waals surface area contributed by atoms with E-state index in [1.54, 1.807) is 12.4 Å². The van der Waals surface area contributed by atoms with Crippen LogP contribution in [0.5, 0.6) is 0 Å². The highest BCUT2D eigenvalue weighted by Gasteiger charge is 2.08. The fourth-order valence-corrected chi connectivity index (χ4v) is 2.12. The summed E-state index contributed by atoms with van der Waals surface area (Å²) < 4.78 is 0. The number of benzene rings is 1. The highest BCUT2D eigenvalue weighted by Crippen LogP contribution is 2.15. The average Bonchev–Trinajstić information content (AvgIpc) is 2.48. The van der Waals surface area contributed by atoms with Gasteiger partial charge in [0, 0.05) is 6.54 Å². The lowest BCUT2D eigenvalue weighted by molar-refractivity contribution is 0.273. The Kier molecular flexibility index (Phi) is 5.38. The number of aromatic nitrogens is 1. The molecule has 0 amide bonds. The van der Waals surface area contributed by atoms with Gasteiger partial charge < -0.3 is 15.7 Å². The van der Waals surface area contributed by atoms with Gasteiger partial charge in [0.1, 0.15) is 0 Å². The SMILES string of the molecule is CCNc1cncc(NC(CO)Cc2ccccc2)c1. The fraction of sp³-hybridized carbons (Fsp3) is 0.312. The molecule has 3 N–H and O–H groups in total. The molecule has 1 heterocycles. The Hall–Kier alpha value is -2.07. The van der Waals surface area contributed by atoms with Crippen LogP contribution in [0.1, 0.15) is 12.5 Å². The molecule has 1 aromatic heterocycles. The first-order valence-electron chi connectivity index (χ1n) is 6.92. The number of nitrogens with zero attached hydrogens (tertiary/aromatic N) is 1. The van der Waals surface area contributed by atoms with E-state index in [9.17, 15) is 5.11 Å². The molecule has 0 aliphatic heterocycles. The van der Waals surface area contributed by atoms with E-state index in [1.807, 2.05) is 31.2 Å². The third-order valence-corrected chi connectivity index (χ3v) is 3.04. The molecule has 0 radical (unpaired) electrons. The average molecular weight is 271 g/mol. The second kappa shape index (κ2) is 7.50. The fourth-order valence-electron chi connectivity index (χ4n) is 2.12. The molecule has 106 valence electrons. The zero-order valence-electron chi connectivity index (χ0n) is 11.7. The van der Waals surface area contributed by atoms with Crippen molar-refractivity contribution in [3.05, 3.63) is 54.4 Å². The highest BCUT2D eigenvalue weighted by molar-refractivity contribution is 5.54. The first-order valence-corrected chi connectivity index (χ1v) is 6.92. The van der Waals surface area contributed by atoms with E-state index in [2.05, 4.69) is 27.8 Å². The van der Waals surface area contributed by atoms with Gasteiger partial charge in [0.15, 0.2) is 0 Å². The molecule has 1 unspecified atom stereocenters. The number of rotatable bonds is 7. The van der Waals surface area contributed by atoms with Crippen molar-refractivity contribution in [1.82, 2.24) is 4.98 Å². The Labute approximate surface area is 119 Å². The van der Waals surface area contributed by atoms with Gasteiger partial charge in [-0.05, 0) is 25.0 Å². The van der Waals surface area contributed by atoms with Crippen LogP contribution in [0, 0.1) is 0 Å². The smallest absolute Gasteiger partial charge is 0.0636 e. The number of aliphatic hydroxyl groups excluding tert-OH is 1. The molecule has 2 aromatic rings. The minimum Gasteiger partial charge on any atom is -0.394 e. The molecule has 0 saturated heterocycles. The van der Waals surface area contributed by atoms with Crippen molar-refractivity contribution in [2.24, 2.45) is 0 Å². The quantitative estimate of drug-likeness (QED) is 0.724. The molecule has 0 aliphatic rings. The van der Waals surface area contributed by atoms with Crippen LogP contribution >= 0.6 is 0 Å². The van der Waals surface area contributed by atoms with Gasteiger partial charge >= 0.3 is 0 Å². The molecule has 1 aromatic carbocycles. The molecule has 1 atom stereocenters. The summed E-state index contributed by atoms with van der Waals surface area (Å²) in [6.07, 6.45) is 4.34. The number of hydrogen-bond acceptors (Lipinski definition) is 4. The number of nitrogens with one attached hydrogen (secondary N) is 2. The van der Waals surface area contributed by atoms with Crippen molar-refractivity contribution in [1.29, 1.82) is 0 Å². The standard InChI is InChI=1S/C16H21N3O/c1-2-18-14-9-15(11-17-10-14)19-16(12-20)8-13-6-4-3-5-7-13/h3-7,9-11,16,18-20H,2,8,12H2,1H3. The molecule has 0 aliphatic carbocycles. The van der Waals surface area contributed by atoms with Gasteiger partial charge in [-0.15, -0.1) is 0 Å². The van der Waals surface area contributed by atoms with Crippen LogP contribution in [0.2, 0.25) is 0 Å². The lowest BCUT2D eigenvalue weighted by Gasteiger charge is -2.18. The summed E-state index contributed by atoms with van der Waals surface area (Å²) in [6, 6.07) is 12.1. The molecule has 4 heteroatoms. The number of anilines is 2. The van der Waals surface area contributed by atoms with Crippen LogP contribution in [0.3, 0.4) is 0 Å². The molecular weight excluding hydrogens is 250 g/mol. The van der Waals surface area contributed by atoms with Gasteiger partial charge in [0.25, 0.3) is 0 Å². The summed E-state index contributed by atoms with van der Waals surface area (Å²) in [4.78, 5) is 4.19. The van der Waals surface area contributed by atoms with Gasteiger partial charge in [-0.2, -0.15) is 0 Å². The zero-order chi connectivity index (χ0) is 14.2. The van der Waals surface area contributed by atoms with Gasteiger partial charge in [0.2, 0.25) is 0 Å². The van der Waals surface area contributed by atoms with Crippen LogP contribution < -0.4 is 10.6 Å². The maximum Gasteiger partial charge on any atom is 0.0636 e. The minimum absolute atomic E-state index is 0.0175. The third kappa shape index (κ3) is 4.24. The molecular formula is C16H21N3O. The topological polar surface area (TPSA) is 57.2 Å². The van der Waals surface area contributed by atoms with E-state index in [1.165, 1.54) is 5.56 Å². The summed E-state index contributed by atoms with van der Waals surface area (Å²) in [5, 5.41) is 16.1. The van der Waals surface area contributed by atoms with Crippen LogP contribution in [0.25, 0.3) is 0 Å². The van der Waals surface area contributed by atoms with Crippen LogP contribution in [0.4, 0.5) is 11.4 Å². The second-order valence-electron chi connectivity index (χ2n) is 4.71. The summed E-state index contributed by atoms with van der Waals surface area (Å²) in [5.41, 5.74) is 3.10. The predicted octanol–water partition coefficient (Wildman–Crippen LogP) is 2.53. The molecule has 0 saturated carbocycles. The van der Waals surface area contributed by atoms with Gasteiger partial charge in [0.05, 0.1) is 36.4 Å². The van der Waals surface area contributed by atoms with Crippen molar-refractivity contribution in [2.75, 3.05) is 23.8 Å². The Balaban J connectivity index is 2.00. The Morgan fingerprint density at radius 2 is 1.90 bits per heavy atom. The van der Waals surface area contributed by atoms with E-state index in [0.29, 0.717) is 0 Å². The van der Waals surface area contributed by atoms with Crippen LogP contribution in [-0.4, -0.2) is 29.3 Å².